The molecule has 158 valence electrons. The second-order valence-electron chi connectivity index (χ2n) is 8.51. The molecule has 0 amide bonds. The Morgan fingerprint density at radius 3 is 2.61 bits per heavy atom. The van der Waals surface area contributed by atoms with Crippen molar-refractivity contribution < 1.29 is 4.79 Å². The first-order valence-corrected chi connectivity index (χ1v) is 10.6. The second-order valence-corrected chi connectivity index (χ2v) is 8.95. The maximum Gasteiger partial charge on any atom is 0.156 e. The van der Waals surface area contributed by atoms with E-state index in [1.807, 2.05) is 61.3 Å². The van der Waals surface area contributed by atoms with Crippen LogP contribution in [0.5, 0.6) is 0 Å². The highest BCUT2D eigenvalue weighted by molar-refractivity contribution is 6.30. The van der Waals surface area contributed by atoms with Crippen LogP contribution in [0.25, 0.3) is 16.6 Å². The molecule has 1 saturated heterocycles. The highest BCUT2D eigenvalue weighted by Gasteiger charge is 2.45. The Balaban J connectivity index is 1.29. The van der Waals surface area contributed by atoms with Crippen LogP contribution in [-0.2, 0) is 18.3 Å². The van der Waals surface area contributed by atoms with E-state index in [0.29, 0.717) is 24.5 Å². The number of nitrogens with zero attached hydrogens (tertiary/aromatic N) is 6. The molecule has 8 heteroatoms. The van der Waals surface area contributed by atoms with Crippen molar-refractivity contribution in [2.75, 3.05) is 18.0 Å². The molecule has 1 fully saturated rings. The van der Waals surface area contributed by atoms with Gasteiger partial charge in [0.15, 0.2) is 5.82 Å². The molecule has 5 rings (SSSR count). The number of halogens is 1. The van der Waals surface area contributed by atoms with Crippen LogP contribution in [-0.4, -0.2) is 43.3 Å². The van der Waals surface area contributed by atoms with E-state index in [4.69, 9.17) is 11.6 Å². The van der Waals surface area contributed by atoms with Crippen LogP contribution < -0.4 is 4.90 Å². The van der Waals surface area contributed by atoms with Crippen LogP contribution in [0, 0.1) is 5.41 Å². The number of hydrogen-bond donors (Lipinski definition) is 0. The summed E-state index contributed by atoms with van der Waals surface area (Å²) in [7, 11) is 1.90. The normalized spacial score (nSPS) is 15.3. The SMILES string of the molecule is Cn1cc(-c2cc3c(N4CC(C)(C(=O)CCc5ccc(Cl)cc5)C4)ncnn3c2)cn1. The van der Waals surface area contributed by atoms with E-state index in [1.54, 1.807) is 11.0 Å². The van der Waals surface area contributed by atoms with Gasteiger partial charge in [-0.2, -0.15) is 10.2 Å². The molecule has 1 aromatic carbocycles. The Hall–Kier alpha value is -3.19. The highest BCUT2D eigenvalue weighted by Crippen LogP contribution is 2.37. The van der Waals surface area contributed by atoms with Gasteiger partial charge >= 0.3 is 0 Å². The summed E-state index contributed by atoms with van der Waals surface area (Å²) in [6.45, 7) is 3.37. The lowest BCUT2D eigenvalue weighted by molar-refractivity contribution is -0.129. The zero-order chi connectivity index (χ0) is 21.6. The van der Waals surface area contributed by atoms with Crippen LogP contribution in [0.15, 0.2) is 55.2 Å². The number of carbonyl (C=O) groups is 1. The minimum Gasteiger partial charge on any atom is -0.353 e. The molecule has 0 atom stereocenters. The molecule has 4 heterocycles. The number of benzene rings is 1. The number of ketones is 1. The van der Waals surface area contributed by atoms with Gasteiger partial charge in [-0.3, -0.25) is 9.48 Å². The third kappa shape index (κ3) is 3.70. The molecule has 4 aromatic rings. The van der Waals surface area contributed by atoms with Gasteiger partial charge in [0, 0.05) is 55.1 Å². The fraction of sp³-hybridized carbons (Fsp3) is 0.304. The van der Waals surface area contributed by atoms with E-state index in [9.17, 15) is 4.79 Å². The number of fused-ring (bicyclic) bond motifs is 1. The molecule has 0 unspecified atom stereocenters. The molecular weight excluding hydrogens is 412 g/mol. The van der Waals surface area contributed by atoms with Gasteiger partial charge < -0.3 is 4.90 Å². The summed E-state index contributed by atoms with van der Waals surface area (Å²) in [6.07, 6.45) is 8.61. The number of rotatable bonds is 6. The monoisotopic (exact) mass is 434 g/mol. The lowest BCUT2D eigenvalue weighted by Crippen LogP contribution is -2.59. The Morgan fingerprint density at radius 2 is 1.90 bits per heavy atom. The Morgan fingerprint density at radius 1 is 1.13 bits per heavy atom. The molecule has 31 heavy (non-hydrogen) atoms. The molecule has 0 spiro atoms. The summed E-state index contributed by atoms with van der Waals surface area (Å²) < 4.78 is 3.61. The fourth-order valence-corrected chi connectivity index (χ4v) is 4.35. The van der Waals surface area contributed by atoms with Gasteiger partial charge in [0.2, 0.25) is 0 Å². The van der Waals surface area contributed by atoms with E-state index < -0.39 is 0 Å². The molecule has 0 aliphatic carbocycles. The van der Waals surface area contributed by atoms with Gasteiger partial charge in [-0.05, 0) is 37.1 Å². The van der Waals surface area contributed by atoms with Crippen LogP contribution >= 0.6 is 11.6 Å². The van der Waals surface area contributed by atoms with Crippen molar-refractivity contribution in [3.8, 4) is 11.1 Å². The molecule has 0 N–H and O–H groups in total. The van der Waals surface area contributed by atoms with E-state index in [2.05, 4.69) is 26.1 Å². The molecule has 0 radical (unpaired) electrons. The van der Waals surface area contributed by atoms with Crippen molar-refractivity contribution in [3.63, 3.8) is 0 Å². The summed E-state index contributed by atoms with van der Waals surface area (Å²) in [5, 5.41) is 9.31. The Bertz CT molecular complexity index is 1250. The second kappa shape index (κ2) is 7.50. The number of hydrogen-bond acceptors (Lipinski definition) is 5. The highest BCUT2D eigenvalue weighted by atomic mass is 35.5. The maximum atomic E-state index is 12.9. The molecule has 1 aliphatic heterocycles. The Kier molecular flexibility index (Phi) is 4.78. The van der Waals surface area contributed by atoms with E-state index in [-0.39, 0.29) is 11.2 Å². The summed E-state index contributed by atoms with van der Waals surface area (Å²) in [5.74, 6) is 1.14. The van der Waals surface area contributed by atoms with Gasteiger partial charge in [-0.25, -0.2) is 9.50 Å². The maximum absolute atomic E-state index is 12.9. The summed E-state index contributed by atoms with van der Waals surface area (Å²) in [5.41, 5.74) is 3.78. The largest absolute Gasteiger partial charge is 0.353 e. The average Bonchev–Trinajstić information content (AvgIpc) is 3.36. The quantitative estimate of drug-likeness (QED) is 0.461. The molecular formula is C23H23ClN6O. The van der Waals surface area contributed by atoms with Crippen molar-refractivity contribution in [2.24, 2.45) is 12.5 Å². The van der Waals surface area contributed by atoms with Crippen LogP contribution in [0.1, 0.15) is 18.9 Å². The topological polar surface area (TPSA) is 68.3 Å². The number of aryl methyl sites for hydroxylation is 2. The van der Waals surface area contributed by atoms with Gasteiger partial charge in [-0.15, -0.1) is 0 Å². The number of Topliss-reactive ketones (excluding diaryl/α,β-unsaturated/α-hetero) is 1. The van der Waals surface area contributed by atoms with Gasteiger partial charge in [0.05, 0.1) is 11.6 Å². The van der Waals surface area contributed by atoms with Gasteiger partial charge in [0.25, 0.3) is 0 Å². The smallest absolute Gasteiger partial charge is 0.156 e. The van der Waals surface area contributed by atoms with E-state index >= 15 is 0 Å². The van der Waals surface area contributed by atoms with Crippen molar-refractivity contribution in [3.05, 3.63) is 65.8 Å². The van der Waals surface area contributed by atoms with Crippen molar-refractivity contribution in [1.29, 1.82) is 0 Å². The zero-order valence-electron chi connectivity index (χ0n) is 17.5. The minimum absolute atomic E-state index is 0.287. The van der Waals surface area contributed by atoms with Crippen molar-refractivity contribution >= 4 is 28.7 Å². The lowest BCUT2D eigenvalue weighted by atomic mass is 9.76. The van der Waals surface area contributed by atoms with E-state index in [0.717, 1.165) is 34.4 Å². The number of aromatic nitrogens is 5. The first-order valence-electron chi connectivity index (χ1n) is 10.3. The molecule has 3 aromatic heterocycles. The van der Waals surface area contributed by atoms with E-state index in [1.165, 1.54) is 0 Å². The van der Waals surface area contributed by atoms with Crippen LogP contribution in [0.2, 0.25) is 5.02 Å². The van der Waals surface area contributed by atoms with Crippen LogP contribution in [0.4, 0.5) is 5.82 Å². The Labute approximate surface area is 185 Å². The van der Waals surface area contributed by atoms with Crippen molar-refractivity contribution in [2.45, 2.75) is 19.8 Å². The average molecular weight is 435 g/mol. The predicted molar refractivity (Wildman–Crippen MR) is 120 cm³/mol. The third-order valence-electron chi connectivity index (χ3n) is 6.03. The van der Waals surface area contributed by atoms with Crippen molar-refractivity contribution in [1.82, 2.24) is 24.4 Å². The standard InChI is InChI=1S/C23H23ClN6O/c1-23(21(31)8-5-16-3-6-19(24)7-4-16)13-29(14-23)22-20-9-17(12-30(20)27-15-25-22)18-10-26-28(2)11-18/h3-4,6-7,9-12,15H,5,8,13-14H2,1-2H3. The summed E-state index contributed by atoms with van der Waals surface area (Å²) in [4.78, 5) is 19.6. The summed E-state index contributed by atoms with van der Waals surface area (Å²) >= 11 is 5.94. The zero-order valence-corrected chi connectivity index (χ0v) is 18.3. The number of anilines is 1. The first kappa shape index (κ1) is 19.8. The fourth-order valence-electron chi connectivity index (χ4n) is 4.22. The minimum atomic E-state index is -0.354. The molecule has 7 nitrogen and oxygen atoms in total. The predicted octanol–water partition coefficient (Wildman–Crippen LogP) is 3.81. The summed E-state index contributed by atoms with van der Waals surface area (Å²) in [6, 6.07) is 9.77. The number of carbonyl (C=O) groups excluding carboxylic acids is 1. The van der Waals surface area contributed by atoms with Gasteiger partial charge in [-0.1, -0.05) is 23.7 Å². The lowest BCUT2D eigenvalue weighted by Gasteiger charge is -2.47. The first-order chi connectivity index (χ1) is 14.9. The molecule has 1 aliphatic rings. The third-order valence-corrected chi connectivity index (χ3v) is 6.28. The molecule has 0 bridgehead atoms. The molecule has 0 saturated carbocycles. The van der Waals surface area contributed by atoms with Crippen LogP contribution in [0.3, 0.4) is 0 Å². The van der Waals surface area contributed by atoms with Gasteiger partial charge in [0.1, 0.15) is 17.6 Å².